The van der Waals surface area contributed by atoms with Gasteiger partial charge in [0.25, 0.3) is 5.91 Å². The van der Waals surface area contributed by atoms with E-state index < -0.39 is 0 Å². The Bertz CT molecular complexity index is 640. The second kappa shape index (κ2) is 7.19. The molecule has 1 aromatic carbocycles. The Morgan fingerprint density at radius 2 is 2.14 bits per heavy atom. The van der Waals surface area contributed by atoms with E-state index in [9.17, 15) is 4.79 Å². The normalized spacial score (nSPS) is 9.95. The van der Waals surface area contributed by atoms with Crippen molar-refractivity contribution in [2.24, 2.45) is 0 Å². The SMILES string of the molecule is C=CCNC(=O)c1ccnc(Nc2ccccc2CC)n1. The summed E-state index contributed by atoms with van der Waals surface area (Å²) in [4.78, 5) is 20.2. The van der Waals surface area contributed by atoms with Crippen molar-refractivity contribution in [2.75, 3.05) is 11.9 Å². The monoisotopic (exact) mass is 282 g/mol. The van der Waals surface area contributed by atoms with E-state index in [2.05, 4.69) is 34.1 Å². The maximum Gasteiger partial charge on any atom is 0.270 e. The first-order valence-electron chi connectivity index (χ1n) is 6.81. The maximum absolute atomic E-state index is 11.9. The molecule has 0 saturated carbocycles. The lowest BCUT2D eigenvalue weighted by molar-refractivity contribution is 0.0953. The maximum atomic E-state index is 11.9. The van der Waals surface area contributed by atoms with E-state index in [4.69, 9.17) is 0 Å². The molecule has 0 aliphatic rings. The Balaban J connectivity index is 2.17. The van der Waals surface area contributed by atoms with Gasteiger partial charge in [-0.15, -0.1) is 6.58 Å². The van der Waals surface area contributed by atoms with Crippen LogP contribution in [0.1, 0.15) is 23.0 Å². The van der Waals surface area contributed by atoms with Crippen LogP contribution in [0.5, 0.6) is 0 Å². The molecule has 0 aliphatic carbocycles. The van der Waals surface area contributed by atoms with Crippen molar-refractivity contribution in [1.82, 2.24) is 15.3 Å². The van der Waals surface area contributed by atoms with Crippen LogP contribution in [-0.4, -0.2) is 22.4 Å². The molecule has 1 heterocycles. The number of aryl methyl sites for hydroxylation is 1. The van der Waals surface area contributed by atoms with Gasteiger partial charge in [0.15, 0.2) is 0 Å². The van der Waals surface area contributed by atoms with E-state index in [-0.39, 0.29) is 5.91 Å². The molecular weight excluding hydrogens is 264 g/mol. The zero-order chi connectivity index (χ0) is 15.1. The average Bonchev–Trinajstić information content (AvgIpc) is 2.53. The molecule has 0 unspecified atom stereocenters. The minimum Gasteiger partial charge on any atom is -0.347 e. The van der Waals surface area contributed by atoms with Crippen molar-refractivity contribution in [2.45, 2.75) is 13.3 Å². The summed E-state index contributed by atoms with van der Waals surface area (Å²) in [5.74, 6) is 0.159. The third-order valence-electron chi connectivity index (χ3n) is 2.94. The Morgan fingerprint density at radius 3 is 2.90 bits per heavy atom. The highest BCUT2D eigenvalue weighted by Crippen LogP contribution is 2.18. The lowest BCUT2D eigenvalue weighted by Gasteiger charge is -2.10. The van der Waals surface area contributed by atoms with Crippen LogP contribution in [0.15, 0.2) is 49.2 Å². The molecule has 5 heteroatoms. The van der Waals surface area contributed by atoms with Gasteiger partial charge in [0.05, 0.1) is 0 Å². The minimum absolute atomic E-state index is 0.246. The highest BCUT2D eigenvalue weighted by Gasteiger charge is 2.08. The largest absolute Gasteiger partial charge is 0.347 e. The fourth-order valence-corrected chi connectivity index (χ4v) is 1.87. The highest BCUT2D eigenvalue weighted by atomic mass is 16.1. The first kappa shape index (κ1) is 14.7. The molecule has 0 spiro atoms. The molecule has 2 rings (SSSR count). The smallest absolute Gasteiger partial charge is 0.270 e. The Hall–Kier alpha value is -2.69. The second-order valence-corrected chi connectivity index (χ2v) is 4.40. The molecule has 2 N–H and O–H groups in total. The molecule has 21 heavy (non-hydrogen) atoms. The van der Waals surface area contributed by atoms with Crippen molar-refractivity contribution >= 4 is 17.5 Å². The fourth-order valence-electron chi connectivity index (χ4n) is 1.87. The lowest BCUT2D eigenvalue weighted by Crippen LogP contribution is -2.24. The molecule has 1 amide bonds. The standard InChI is InChI=1S/C16H18N4O/c1-3-10-17-15(21)14-9-11-18-16(20-14)19-13-8-6-5-7-12(13)4-2/h3,5-9,11H,1,4,10H2,2H3,(H,17,21)(H,18,19,20). The molecule has 0 bridgehead atoms. The van der Waals surface area contributed by atoms with Gasteiger partial charge in [-0.1, -0.05) is 31.2 Å². The van der Waals surface area contributed by atoms with Crippen LogP contribution in [0, 0.1) is 0 Å². The summed E-state index contributed by atoms with van der Waals surface area (Å²) in [6.45, 7) is 6.05. The summed E-state index contributed by atoms with van der Waals surface area (Å²) < 4.78 is 0. The number of hydrogen-bond donors (Lipinski definition) is 2. The predicted octanol–water partition coefficient (Wildman–Crippen LogP) is 2.70. The summed E-state index contributed by atoms with van der Waals surface area (Å²) in [5.41, 5.74) is 2.44. The van der Waals surface area contributed by atoms with Gasteiger partial charge in [-0.3, -0.25) is 4.79 Å². The number of benzene rings is 1. The molecular formula is C16H18N4O. The minimum atomic E-state index is -0.246. The van der Waals surface area contributed by atoms with Crippen molar-refractivity contribution in [3.63, 3.8) is 0 Å². The van der Waals surface area contributed by atoms with Gasteiger partial charge in [0.2, 0.25) is 5.95 Å². The highest BCUT2D eigenvalue weighted by molar-refractivity contribution is 5.92. The van der Waals surface area contributed by atoms with E-state index in [0.717, 1.165) is 12.1 Å². The number of aromatic nitrogens is 2. The zero-order valence-corrected chi connectivity index (χ0v) is 12.0. The van der Waals surface area contributed by atoms with Gasteiger partial charge in [-0.2, -0.15) is 0 Å². The van der Waals surface area contributed by atoms with Crippen LogP contribution >= 0.6 is 0 Å². The van der Waals surface area contributed by atoms with Crippen molar-refractivity contribution < 1.29 is 4.79 Å². The van der Waals surface area contributed by atoms with Crippen LogP contribution in [0.4, 0.5) is 11.6 Å². The Labute approximate surface area is 124 Å². The summed E-state index contributed by atoms with van der Waals surface area (Å²) in [7, 11) is 0. The number of rotatable bonds is 6. The second-order valence-electron chi connectivity index (χ2n) is 4.40. The Morgan fingerprint density at radius 1 is 1.33 bits per heavy atom. The number of para-hydroxylation sites is 1. The molecule has 0 saturated heterocycles. The van der Waals surface area contributed by atoms with Gasteiger partial charge in [0, 0.05) is 18.4 Å². The van der Waals surface area contributed by atoms with E-state index in [1.54, 1.807) is 18.3 Å². The van der Waals surface area contributed by atoms with Crippen molar-refractivity contribution in [3.05, 3.63) is 60.4 Å². The molecule has 5 nitrogen and oxygen atoms in total. The number of nitrogens with one attached hydrogen (secondary N) is 2. The third kappa shape index (κ3) is 3.89. The summed E-state index contributed by atoms with van der Waals surface area (Å²) in [6, 6.07) is 9.52. The van der Waals surface area contributed by atoms with Crippen LogP contribution < -0.4 is 10.6 Å². The third-order valence-corrected chi connectivity index (χ3v) is 2.94. The number of hydrogen-bond acceptors (Lipinski definition) is 4. The van der Waals surface area contributed by atoms with E-state index in [1.807, 2.05) is 24.3 Å². The van der Waals surface area contributed by atoms with Crippen LogP contribution in [-0.2, 0) is 6.42 Å². The van der Waals surface area contributed by atoms with Gasteiger partial charge >= 0.3 is 0 Å². The number of amides is 1. The first-order chi connectivity index (χ1) is 10.2. The number of carbonyl (C=O) groups excluding carboxylic acids is 1. The first-order valence-corrected chi connectivity index (χ1v) is 6.81. The zero-order valence-electron chi connectivity index (χ0n) is 12.0. The van der Waals surface area contributed by atoms with E-state index in [1.165, 1.54) is 5.56 Å². The van der Waals surface area contributed by atoms with Crippen molar-refractivity contribution in [1.29, 1.82) is 0 Å². The molecule has 0 aliphatic heterocycles. The lowest BCUT2D eigenvalue weighted by atomic mass is 10.1. The summed E-state index contributed by atoms with van der Waals surface area (Å²) in [6.07, 6.45) is 4.09. The van der Waals surface area contributed by atoms with Crippen LogP contribution in [0.25, 0.3) is 0 Å². The van der Waals surface area contributed by atoms with Crippen LogP contribution in [0.2, 0.25) is 0 Å². The molecule has 1 aromatic heterocycles. The van der Waals surface area contributed by atoms with E-state index >= 15 is 0 Å². The number of carbonyl (C=O) groups is 1. The van der Waals surface area contributed by atoms with Gasteiger partial charge in [0.1, 0.15) is 5.69 Å². The molecule has 0 fully saturated rings. The number of anilines is 2. The Kier molecular flexibility index (Phi) is 5.04. The summed E-state index contributed by atoms with van der Waals surface area (Å²) in [5, 5.41) is 5.84. The van der Waals surface area contributed by atoms with Crippen LogP contribution in [0.3, 0.4) is 0 Å². The predicted molar refractivity (Wildman–Crippen MR) is 83.7 cm³/mol. The van der Waals surface area contributed by atoms with E-state index in [0.29, 0.717) is 18.2 Å². The van der Waals surface area contributed by atoms with Gasteiger partial charge in [-0.05, 0) is 24.1 Å². The van der Waals surface area contributed by atoms with Crippen molar-refractivity contribution in [3.8, 4) is 0 Å². The molecule has 0 atom stereocenters. The summed E-state index contributed by atoms with van der Waals surface area (Å²) >= 11 is 0. The molecule has 108 valence electrons. The quantitative estimate of drug-likeness (QED) is 0.799. The number of nitrogens with zero attached hydrogens (tertiary/aromatic N) is 2. The fraction of sp³-hybridized carbons (Fsp3) is 0.188. The van der Waals surface area contributed by atoms with Gasteiger partial charge in [-0.25, -0.2) is 9.97 Å². The topological polar surface area (TPSA) is 66.9 Å². The van der Waals surface area contributed by atoms with Gasteiger partial charge < -0.3 is 10.6 Å². The average molecular weight is 282 g/mol. The molecule has 2 aromatic rings. The molecule has 0 radical (unpaired) electrons.